The average molecular weight is 320 g/mol. The molecule has 22 heavy (non-hydrogen) atoms. The summed E-state index contributed by atoms with van der Waals surface area (Å²) in [6, 6.07) is 6.51. The lowest BCUT2D eigenvalue weighted by atomic mass is 9.80. The molecule has 1 aromatic carbocycles. The number of nitrogens with zero attached hydrogens (tertiary/aromatic N) is 3. The number of ketones is 2. The number of rotatable bonds is 5. The smallest absolute Gasteiger partial charge is 0.281 e. The van der Waals surface area contributed by atoms with Gasteiger partial charge >= 0.3 is 0 Å². The molecule has 0 aromatic heterocycles. The minimum absolute atomic E-state index is 0.0421. The molecule has 0 radical (unpaired) electrons. The molecule has 0 heterocycles. The van der Waals surface area contributed by atoms with Gasteiger partial charge in [0.15, 0.2) is 17.5 Å². The third-order valence-electron chi connectivity index (χ3n) is 2.97. The SMILES string of the molecule is CC(C)(C#N)C(=O)C(C#N)C(=O)c1ccc(Cl)cc1[N+](=O)[O-]. The first-order valence-electron chi connectivity index (χ1n) is 5.99. The van der Waals surface area contributed by atoms with Crippen LogP contribution in [0, 0.1) is 44.1 Å². The summed E-state index contributed by atoms with van der Waals surface area (Å²) >= 11 is 5.65. The second-order valence-electron chi connectivity index (χ2n) is 4.95. The molecular weight excluding hydrogens is 310 g/mol. The van der Waals surface area contributed by atoms with Gasteiger partial charge in [0.1, 0.15) is 5.41 Å². The number of nitro benzene ring substituents is 1. The Bertz CT molecular complexity index is 743. The summed E-state index contributed by atoms with van der Waals surface area (Å²) in [5, 5.41) is 29.0. The maximum atomic E-state index is 12.3. The number of nitro groups is 1. The van der Waals surface area contributed by atoms with E-state index in [9.17, 15) is 19.7 Å². The molecule has 112 valence electrons. The third-order valence-corrected chi connectivity index (χ3v) is 3.21. The Balaban J connectivity index is 3.37. The number of hydrogen-bond donors (Lipinski definition) is 0. The van der Waals surface area contributed by atoms with Crippen molar-refractivity contribution in [1.29, 1.82) is 10.5 Å². The Hall–Kier alpha value is -2.77. The van der Waals surface area contributed by atoms with Crippen LogP contribution in [0.25, 0.3) is 0 Å². The van der Waals surface area contributed by atoms with Crippen molar-refractivity contribution in [2.75, 3.05) is 0 Å². The number of benzene rings is 1. The van der Waals surface area contributed by atoms with Crippen LogP contribution >= 0.6 is 11.6 Å². The molecule has 1 aromatic rings. The fraction of sp³-hybridized carbons (Fsp3) is 0.286. The van der Waals surface area contributed by atoms with Gasteiger partial charge in [0.25, 0.3) is 5.69 Å². The van der Waals surface area contributed by atoms with Crippen LogP contribution in [0.5, 0.6) is 0 Å². The normalized spacial score (nSPS) is 11.9. The fourth-order valence-corrected chi connectivity index (χ4v) is 1.84. The van der Waals surface area contributed by atoms with Crippen LogP contribution in [0.15, 0.2) is 18.2 Å². The minimum atomic E-state index is -1.80. The zero-order valence-electron chi connectivity index (χ0n) is 11.7. The van der Waals surface area contributed by atoms with Gasteiger partial charge < -0.3 is 0 Å². The van der Waals surface area contributed by atoms with Crippen molar-refractivity contribution < 1.29 is 14.5 Å². The van der Waals surface area contributed by atoms with E-state index in [-0.39, 0.29) is 5.02 Å². The maximum absolute atomic E-state index is 12.3. The third kappa shape index (κ3) is 3.27. The number of carbonyl (C=O) groups is 2. The quantitative estimate of drug-likeness (QED) is 0.355. The molecule has 0 fully saturated rings. The molecule has 7 nitrogen and oxygen atoms in total. The topological polar surface area (TPSA) is 125 Å². The largest absolute Gasteiger partial charge is 0.296 e. The molecule has 1 rings (SSSR count). The van der Waals surface area contributed by atoms with Crippen molar-refractivity contribution in [3.8, 4) is 12.1 Å². The van der Waals surface area contributed by atoms with Gasteiger partial charge in [-0.15, -0.1) is 0 Å². The summed E-state index contributed by atoms with van der Waals surface area (Å²) in [6.45, 7) is 2.53. The van der Waals surface area contributed by atoms with Gasteiger partial charge in [0.05, 0.1) is 22.6 Å². The zero-order chi connectivity index (χ0) is 17.1. The van der Waals surface area contributed by atoms with Crippen molar-refractivity contribution in [3.05, 3.63) is 38.9 Å². The molecule has 0 saturated heterocycles. The molecule has 0 spiro atoms. The molecule has 0 aliphatic carbocycles. The van der Waals surface area contributed by atoms with Crippen molar-refractivity contribution in [3.63, 3.8) is 0 Å². The second kappa shape index (κ2) is 6.33. The van der Waals surface area contributed by atoms with E-state index in [2.05, 4.69) is 0 Å². The summed E-state index contributed by atoms with van der Waals surface area (Å²) < 4.78 is 0. The summed E-state index contributed by atoms with van der Waals surface area (Å²) in [7, 11) is 0. The molecule has 0 amide bonds. The first-order chi connectivity index (χ1) is 10.2. The van der Waals surface area contributed by atoms with Crippen LogP contribution in [0.4, 0.5) is 5.69 Å². The molecule has 0 saturated carbocycles. The van der Waals surface area contributed by atoms with E-state index in [0.29, 0.717) is 0 Å². The highest BCUT2D eigenvalue weighted by Crippen LogP contribution is 2.28. The number of halogens is 1. The molecule has 1 unspecified atom stereocenters. The highest BCUT2D eigenvalue weighted by molar-refractivity contribution is 6.31. The molecule has 0 N–H and O–H groups in total. The van der Waals surface area contributed by atoms with Crippen molar-refractivity contribution in [2.45, 2.75) is 13.8 Å². The fourth-order valence-electron chi connectivity index (χ4n) is 1.67. The van der Waals surface area contributed by atoms with Crippen molar-refractivity contribution in [1.82, 2.24) is 0 Å². The number of hydrogen-bond acceptors (Lipinski definition) is 6. The van der Waals surface area contributed by atoms with Gasteiger partial charge in [0, 0.05) is 11.1 Å². The average Bonchev–Trinajstić information content (AvgIpc) is 2.47. The first kappa shape index (κ1) is 17.3. The van der Waals surface area contributed by atoms with Crippen LogP contribution in [-0.2, 0) is 4.79 Å². The van der Waals surface area contributed by atoms with E-state index in [4.69, 9.17) is 22.1 Å². The summed E-state index contributed by atoms with van der Waals surface area (Å²) in [6.07, 6.45) is 0. The van der Waals surface area contributed by atoms with E-state index >= 15 is 0 Å². The predicted octanol–water partition coefficient (Wildman–Crippen LogP) is 2.69. The predicted molar refractivity (Wildman–Crippen MR) is 75.9 cm³/mol. The first-order valence-corrected chi connectivity index (χ1v) is 6.37. The van der Waals surface area contributed by atoms with Crippen molar-refractivity contribution >= 4 is 28.9 Å². The van der Waals surface area contributed by atoms with E-state index in [1.54, 1.807) is 6.07 Å². The lowest BCUT2D eigenvalue weighted by Gasteiger charge is -2.16. The van der Waals surface area contributed by atoms with Crippen LogP contribution in [0.2, 0.25) is 5.02 Å². The van der Waals surface area contributed by atoms with Gasteiger partial charge in [-0.2, -0.15) is 10.5 Å². The van der Waals surface area contributed by atoms with E-state index in [1.807, 2.05) is 0 Å². The van der Waals surface area contributed by atoms with E-state index < -0.39 is 39.1 Å². The van der Waals surface area contributed by atoms with Gasteiger partial charge in [-0.3, -0.25) is 19.7 Å². The molecule has 0 bridgehead atoms. The Labute approximate surface area is 130 Å². The van der Waals surface area contributed by atoms with E-state index in [0.717, 1.165) is 12.1 Å². The van der Waals surface area contributed by atoms with Gasteiger partial charge in [-0.25, -0.2) is 0 Å². The van der Waals surface area contributed by atoms with Crippen LogP contribution in [0.1, 0.15) is 24.2 Å². The highest BCUT2D eigenvalue weighted by Gasteiger charge is 2.40. The lowest BCUT2D eigenvalue weighted by Crippen LogP contribution is -2.34. The lowest BCUT2D eigenvalue weighted by molar-refractivity contribution is -0.385. The summed E-state index contributed by atoms with van der Waals surface area (Å²) in [5.74, 6) is -3.74. The zero-order valence-corrected chi connectivity index (χ0v) is 12.4. The Morgan fingerprint density at radius 1 is 1.36 bits per heavy atom. The van der Waals surface area contributed by atoms with Gasteiger partial charge in [0.2, 0.25) is 0 Å². The minimum Gasteiger partial charge on any atom is -0.296 e. The summed E-state index contributed by atoms with van der Waals surface area (Å²) in [4.78, 5) is 34.6. The van der Waals surface area contributed by atoms with Crippen LogP contribution in [0.3, 0.4) is 0 Å². The Kier molecular flexibility index (Phi) is 4.98. The number of carbonyl (C=O) groups excluding carboxylic acids is 2. The number of Topliss-reactive ketones (excluding diaryl/α,β-unsaturated/α-hetero) is 2. The Morgan fingerprint density at radius 2 is 1.95 bits per heavy atom. The van der Waals surface area contributed by atoms with Crippen LogP contribution < -0.4 is 0 Å². The molecule has 8 heteroatoms. The van der Waals surface area contributed by atoms with Gasteiger partial charge in [-0.05, 0) is 26.0 Å². The molecule has 0 aliphatic rings. The monoisotopic (exact) mass is 319 g/mol. The molecular formula is C14H10ClN3O4. The van der Waals surface area contributed by atoms with E-state index in [1.165, 1.54) is 26.0 Å². The standard InChI is InChI=1S/C14H10ClN3O4/c1-14(2,7-17)13(20)10(6-16)12(19)9-4-3-8(15)5-11(9)18(21)22/h3-5,10H,1-2H3. The van der Waals surface area contributed by atoms with Gasteiger partial charge in [-0.1, -0.05) is 11.6 Å². The number of nitriles is 2. The molecule has 1 atom stereocenters. The summed E-state index contributed by atoms with van der Waals surface area (Å²) in [5.41, 5.74) is -2.56. The second-order valence-corrected chi connectivity index (χ2v) is 5.38. The van der Waals surface area contributed by atoms with Crippen molar-refractivity contribution in [2.24, 2.45) is 11.3 Å². The highest BCUT2D eigenvalue weighted by atomic mass is 35.5. The Morgan fingerprint density at radius 3 is 2.41 bits per heavy atom. The molecule has 0 aliphatic heterocycles. The maximum Gasteiger partial charge on any atom is 0.281 e. The van der Waals surface area contributed by atoms with Crippen LogP contribution in [-0.4, -0.2) is 16.5 Å².